The van der Waals surface area contributed by atoms with E-state index in [1.165, 1.54) is 36.5 Å². The lowest BCUT2D eigenvalue weighted by Crippen LogP contribution is -2.10. The lowest BCUT2D eigenvalue weighted by molar-refractivity contribution is 0.583. The van der Waals surface area contributed by atoms with Crippen LogP contribution in [0.1, 0.15) is 17.0 Å². The first-order valence-corrected chi connectivity index (χ1v) is 6.33. The Morgan fingerprint density at radius 1 is 1.53 bits per heavy atom. The topological polar surface area (TPSA) is 28.2 Å². The molecule has 1 aromatic heterocycles. The number of aromatic nitrogens is 1. The van der Waals surface area contributed by atoms with Gasteiger partial charge in [-0.25, -0.2) is 4.98 Å². The summed E-state index contributed by atoms with van der Waals surface area (Å²) in [5.74, 6) is 0.819. The van der Waals surface area contributed by atoms with E-state index in [0.717, 1.165) is 11.0 Å². The molecule has 0 aliphatic carbocycles. The largest absolute Gasteiger partial charge is 0.354 e. The number of nitrogens with zero attached hydrogens (tertiary/aromatic N) is 2. The highest BCUT2D eigenvalue weighted by molar-refractivity contribution is 7.15. The van der Waals surface area contributed by atoms with E-state index in [1.807, 2.05) is 11.3 Å². The van der Waals surface area contributed by atoms with Crippen molar-refractivity contribution < 1.29 is 0 Å². The van der Waals surface area contributed by atoms with Crippen molar-refractivity contribution in [1.82, 2.24) is 10.3 Å². The zero-order valence-corrected chi connectivity index (χ0v) is 10.5. The smallest absolute Gasteiger partial charge is 0.185 e. The van der Waals surface area contributed by atoms with E-state index in [9.17, 15) is 0 Å². The van der Waals surface area contributed by atoms with E-state index >= 15 is 0 Å². The van der Waals surface area contributed by atoms with Gasteiger partial charge in [0.1, 0.15) is 0 Å². The van der Waals surface area contributed by atoms with E-state index < -0.39 is 0 Å². The van der Waals surface area contributed by atoms with E-state index in [2.05, 4.69) is 36.2 Å². The Morgan fingerprint density at radius 3 is 2.87 bits per heavy atom. The van der Waals surface area contributed by atoms with Crippen molar-refractivity contribution in [3.05, 3.63) is 10.6 Å². The Balaban J connectivity index is 2.06. The Bertz CT molecular complexity index is 327. The lowest BCUT2D eigenvalue weighted by atomic mass is 10.0. The fraction of sp³-hybridized carbons (Fsp3) is 0.727. The molecule has 0 bridgehead atoms. The van der Waals surface area contributed by atoms with Gasteiger partial charge in [0, 0.05) is 19.0 Å². The number of rotatable bonds is 3. The van der Waals surface area contributed by atoms with Gasteiger partial charge in [-0.1, -0.05) is 0 Å². The molecule has 1 unspecified atom stereocenters. The summed E-state index contributed by atoms with van der Waals surface area (Å²) in [5, 5.41) is 4.55. The quantitative estimate of drug-likeness (QED) is 0.848. The minimum atomic E-state index is 0.819. The van der Waals surface area contributed by atoms with Crippen LogP contribution in [-0.2, 0) is 6.42 Å². The Kier molecular flexibility index (Phi) is 3.26. The molecule has 0 spiro atoms. The molecule has 4 heteroatoms. The van der Waals surface area contributed by atoms with Gasteiger partial charge in [-0.05, 0) is 38.8 Å². The summed E-state index contributed by atoms with van der Waals surface area (Å²) in [6.07, 6.45) is 2.51. The van der Waals surface area contributed by atoms with Gasteiger partial charge in [0.05, 0.1) is 5.69 Å². The highest BCUT2D eigenvalue weighted by atomic mass is 32.1. The van der Waals surface area contributed by atoms with Crippen LogP contribution >= 0.6 is 11.3 Å². The molecule has 1 aromatic rings. The number of nitrogens with one attached hydrogen (secondary N) is 1. The third-order valence-corrected chi connectivity index (χ3v) is 4.25. The van der Waals surface area contributed by atoms with E-state index in [4.69, 9.17) is 0 Å². The molecule has 1 aliphatic rings. The van der Waals surface area contributed by atoms with Crippen molar-refractivity contribution in [2.45, 2.75) is 19.8 Å². The number of hydrogen-bond acceptors (Lipinski definition) is 4. The minimum absolute atomic E-state index is 0.819. The van der Waals surface area contributed by atoms with E-state index in [-0.39, 0.29) is 0 Å². The average Bonchev–Trinajstić information content (AvgIpc) is 2.77. The summed E-state index contributed by atoms with van der Waals surface area (Å²) < 4.78 is 0. The molecule has 1 fully saturated rings. The first kappa shape index (κ1) is 10.9. The van der Waals surface area contributed by atoms with Crippen LogP contribution in [-0.4, -0.2) is 32.2 Å². The summed E-state index contributed by atoms with van der Waals surface area (Å²) in [6.45, 7) is 4.49. The molecule has 1 aliphatic heterocycles. The first-order valence-electron chi connectivity index (χ1n) is 5.51. The maximum absolute atomic E-state index is 4.58. The second kappa shape index (κ2) is 4.49. The summed E-state index contributed by atoms with van der Waals surface area (Å²) in [4.78, 5) is 8.13. The second-order valence-electron chi connectivity index (χ2n) is 4.46. The van der Waals surface area contributed by atoms with Crippen molar-refractivity contribution in [2.75, 3.05) is 32.1 Å². The van der Waals surface area contributed by atoms with Crippen LogP contribution in [0.4, 0.5) is 5.13 Å². The van der Waals surface area contributed by atoms with Crippen LogP contribution in [0, 0.1) is 12.8 Å². The minimum Gasteiger partial charge on any atom is -0.354 e. The Labute approximate surface area is 95.5 Å². The third-order valence-electron chi connectivity index (χ3n) is 2.90. The maximum Gasteiger partial charge on any atom is 0.185 e. The number of hydrogen-bond donors (Lipinski definition) is 1. The summed E-state index contributed by atoms with van der Waals surface area (Å²) in [7, 11) is 4.11. The molecule has 1 atom stereocenters. The predicted octanol–water partition coefficient (Wildman–Crippen LogP) is 1.67. The third kappa shape index (κ3) is 2.49. The van der Waals surface area contributed by atoms with Crippen molar-refractivity contribution in [3.8, 4) is 0 Å². The molecule has 0 radical (unpaired) electrons. The molecular weight excluding hydrogens is 206 g/mol. The van der Waals surface area contributed by atoms with E-state index in [0.29, 0.717) is 0 Å². The van der Waals surface area contributed by atoms with Gasteiger partial charge in [-0.15, -0.1) is 11.3 Å². The van der Waals surface area contributed by atoms with Crippen molar-refractivity contribution in [2.24, 2.45) is 5.92 Å². The average molecular weight is 225 g/mol. The van der Waals surface area contributed by atoms with Gasteiger partial charge in [0.15, 0.2) is 5.13 Å². The molecule has 84 valence electrons. The van der Waals surface area contributed by atoms with Gasteiger partial charge in [0.2, 0.25) is 0 Å². The molecule has 3 nitrogen and oxygen atoms in total. The van der Waals surface area contributed by atoms with Gasteiger partial charge < -0.3 is 10.2 Å². The van der Waals surface area contributed by atoms with Crippen LogP contribution in [0.3, 0.4) is 0 Å². The molecule has 2 rings (SSSR count). The zero-order valence-electron chi connectivity index (χ0n) is 9.71. The molecule has 0 saturated carbocycles. The van der Waals surface area contributed by atoms with Crippen molar-refractivity contribution in [3.63, 3.8) is 0 Å². The molecule has 1 saturated heterocycles. The van der Waals surface area contributed by atoms with Crippen LogP contribution < -0.4 is 10.2 Å². The molecule has 2 heterocycles. The summed E-state index contributed by atoms with van der Waals surface area (Å²) >= 11 is 1.84. The molecule has 1 N–H and O–H groups in total. The maximum atomic E-state index is 4.58. The standard InChI is InChI=1S/C11H19N3S/c1-8-10(6-9-4-5-12-7-9)15-11(13-8)14(2)3/h9,12H,4-7H2,1-3H3. The number of aryl methyl sites for hydroxylation is 1. The number of thiazole rings is 1. The normalized spacial score (nSPS) is 20.9. The molecule has 15 heavy (non-hydrogen) atoms. The molecule has 0 aromatic carbocycles. The molecular formula is C11H19N3S. The predicted molar refractivity (Wildman–Crippen MR) is 65.9 cm³/mol. The van der Waals surface area contributed by atoms with Gasteiger partial charge in [0.25, 0.3) is 0 Å². The van der Waals surface area contributed by atoms with Crippen LogP contribution in [0.25, 0.3) is 0 Å². The van der Waals surface area contributed by atoms with Crippen molar-refractivity contribution in [1.29, 1.82) is 0 Å². The van der Waals surface area contributed by atoms with Crippen LogP contribution in [0.2, 0.25) is 0 Å². The Morgan fingerprint density at radius 2 is 2.33 bits per heavy atom. The highest BCUT2D eigenvalue weighted by Gasteiger charge is 2.18. The van der Waals surface area contributed by atoms with Crippen LogP contribution in [0.15, 0.2) is 0 Å². The fourth-order valence-electron chi connectivity index (χ4n) is 1.94. The van der Waals surface area contributed by atoms with Gasteiger partial charge in [-0.3, -0.25) is 0 Å². The van der Waals surface area contributed by atoms with E-state index in [1.54, 1.807) is 0 Å². The fourth-order valence-corrected chi connectivity index (χ4v) is 3.04. The summed E-state index contributed by atoms with van der Waals surface area (Å²) in [5.41, 5.74) is 1.22. The SMILES string of the molecule is Cc1nc(N(C)C)sc1CC1CCNC1. The number of anilines is 1. The zero-order chi connectivity index (χ0) is 10.8. The van der Waals surface area contributed by atoms with Gasteiger partial charge >= 0.3 is 0 Å². The second-order valence-corrected chi connectivity index (χ2v) is 5.52. The lowest BCUT2D eigenvalue weighted by Gasteiger charge is -2.06. The Hall–Kier alpha value is -0.610. The molecule has 0 amide bonds. The van der Waals surface area contributed by atoms with Crippen LogP contribution in [0.5, 0.6) is 0 Å². The first-order chi connectivity index (χ1) is 7.16. The monoisotopic (exact) mass is 225 g/mol. The van der Waals surface area contributed by atoms with Crippen molar-refractivity contribution >= 4 is 16.5 Å². The van der Waals surface area contributed by atoms with Gasteiger partial charge in [-0.2, -0.15) is 0 Å². The highest BCUT2D eigenvalue weighted by Crippen LogP contribution is 2.28. The summed E-state index contributed by atoms with van der Waals surface area (Å²) in [6, 6.07) is 0.